The van der Waals surface area contributed by atoms with E-state index in [4.69, 9.17) is 16.9 Å². The topological polar surface area (TPSA) is 53.2 Å². The lowest BCUT2D eigenvalue weighted by molar-refractivity contribution is 0.676. The van der Waals surface area contributed by atoms with Crippen molar-refractivity contribution in [3.8, 4) is 6.07 Å². The Balaban J connectivity index is 2.98. The first-order valence-electron chi connectivity index (χ1n) is 4.89. The van der Waals surface area contributed by atoms with Crippen LogP contribution in [0.25, 0.3) is 0 Å². The molecule has 1 aromatic rings. The number of hydrogen-bond acceptors (Lipinski definition) is 3. The fraction of sp³-hybridized carbons (Fsp3) is 0.364. The SMILES string of the molecule is CCN=S(=O)(CC#N)Cc1cccc(Cl)c1. The zero-order valence-electron chi connectivity index (χ0n) is 9.02. The number of nitriles is 1. The van der Waals surface area contributed by atoms with Gasteiger partial charge in [-0.2, -0.15) is 5.26 Å². The minimum Gasteiger partial charge on any atom is -0.248 e. The van der Waals surface area contributed by atoms with Crippen molar-refractivity contribution in [2.24, 2.45) is 4.36 Å². The molecule has 0 bridgehead atoms. The minimum absolute atomic E-state index is 0.0344. The molecule has 0 aromatic heterocycles. The van der Waals surface area contributed by atoms with Gasteiger partial charge in [-0.1, -0.05) is 23.7 Å². The number of rotatable bonds is 4. The zero-order valence-corrected chi connectivity index (χ0v) is 10.6. The van der Waals surface area contributed by atoms with Crippen LogP contribution in [0.3, 0.4) is 0 Å². The van der Waals surface area contributed by atoms with E-state index >= 15 is 0 Å². The predicted octanol–water partition coefficient (Wildman–Crippen LogP) is 2.85. The highest BCUT2D eigenvalue weighted by Gasteiger charge is 2.09. The standard InChI is InChI=1S/C11H13ClN2OS/c1-2-14-16(15,7-6-13)9-10-4-3-5-11(12)8-10/h3-5,8H,2,7,9H2,1H3. The molecule has 0 amide bonds. The summed E-state index contributed by atoms with van der Waals surface area (Å²) in [6, 6.07) is 9.08. The Labute approximate surface area is 101 Å². The quantitative estimate of drug-likeness (QED) is 0.832. The molecule has 16 heavy (non-hydrogen) atoms. The van der Waals surface area contributed by atoms with Crippen molar-refractivity contribution in [1.29, 1.82) is 5.26 Å². The molecule has 0 fully saturated rings. The highest BCUT2D eigenvalue weighted by atomic mass is 35.5. The average molecular weight is 257 g/mol. The van der Waals surface area contributed by atoms with Gasteiger partial charge in [0.05, 0.1) is 21.6 Å². The lowest BCUT2D eigenvalue weighted by Gasteiger charge is -2.06. The highest BCUT2D eigenvalue weighted by molar-refractivity contribution is 7.93. The van der Waals surface area contributed by atoms with Crippen LogP contribution in [0.5, 0.6) is 0 Å². The third-order valence-electron chi connectivity index (χ3n) is 1.94. The lowest BCUT2D eigenvalue weighted by atomic mass is 10.2. The molecule has 3 nitrogen and oxygen atoms in total. The maximum atomic E-state index is 12.2. The first kappa shape index (κ1) is 13.0. The van der Waals surface area contributed by atoms with Crippen LogP contribution in [-0.2, 0) is 15.5 Å². The van der Waals surface area contributed by atoms with E-state index in [2.05, 4.69) is 4.36 Å². The molecular weight excluding hydrogens is 244 g/mol. The summed E-state index contributed by atoms with van der Waals surface area (Å²) in [5.74, 6) is 0.252. The van der Waals surface area contributed by atoms with Crippen molar-refractivity contribution in [2.45, 2.75) is 12.7 Å². The molecule has 1 aromatic carbocycles. The number of hydrogen-bond donors (Lipinski definition) is 0. The summed E-state index contributed by atoms with van der Waals surface area (Å²) in [6.07, 6.45) is 0. The summed E-state index contributed by atoms with van der Waals surface area (Å²) >= 11 is 5.84. The number of nitrogens with zero attached hydrogens (tertiary/aromatic N) is 2. The normalized spacial score (nSPS) is 13.8. The van der Waals surface area contributed by atoms with Crippen molar-refractivity contribution >= 4 is 21.3 Å². The Morgan fingerprint density at radius 3 is 2.88 bits per heavy atom. The first-order chi connectivity index (χ1) is 7.59. The Kier molecular flexibility index (Phi) is 4.78. The summed E-state index contributed by atoms with van der Waals surface area (Å²) in [5.41, 5.74) is 0.852. The molecule has 0 saturated carbocycles. The maximum absolute atomic E-state index is 12.2. The van der Waals surface area contributed by atoms with E-state index < -0.39 is 9.73 Å². The molecule has 0 N–H and O–H groups in total. The molecule has 0 aliphatic carbocycles. The van der Waals surface area contributed by atoms with Crippen molar-refractivity contribution < 1.29 is 4.21 Å². The van der Waals surface area contributed by atoms with Crippen LogP contribution < -0.4 is 0 Å². The predicted molar refractivity (Wildman–Crippen MR) is 66.7 cm³/mol. The van der Waals surface area contributed by atoms with Gasteiger partial charge < -0.3 is 0 Å². The third kappa shape index (κ3) is 3.84. The van der Waals surface area contributed by atoms with Crippen molar-refractivity contribution in [2.75, 3.05) is 12.3 Å². The maximum Gasteiger partial charge on any atom is 0.119 e. The van der Waals surface area contributed by atoms with Crippen LogP contribution in [0.15, 0.2) is 28.6 Å². The Morgan fingerprint density at radius 2 is 2.31 bits per heavy atom. The molecule has 1 atom stereocenters. The van der Waals surface area contributed by atoms with Gasteiger partial charge in [-0.3, -0.25) is 0 Å². The Morgan fingerprint density at radius 1 is 1.56 bits per heavy atom. The third-order valence-corrected chi connectivity index (χ3v) is 4.26. The van der Waals surface area contributed by atoms with E-state index in [0.29, 0.717) is 11.6 Å². The van der Waals surface area contributed by atoms with Crippen LogP contribution in [0.2, 0.25) is 5.02 Å². The number of benzene rings is 1. The van der Waals surface area contributed by atoms with Gasteiger partial charge in [0.1, 0.15) is 5.75 Å². The van der Waals surface area contributed by atoms with Crippen LogP contribution in [0.4, 0.5) is 0 Å². The molecule has 86 valence electrons. The van der Waals surface area contributed by atoms with Gasteiger partial charge in [0.2, 0.25) is 0 Å². The van der Waals surface area contributed by atoms with E-state index in [0.717, 1.165) is 5.56 Å². The van der Waals surface area contributed by atoms with E-state index in [-0.39, 0.29) is 11.5 Å². The van der Waals surface area contributed by atoms with Gasteiger partial charge in [-0.15, -0.1) is 0 Å². The zero-order chi connectivity index (χ0) is 12.0. The first-order valence-corrected chi connectivity index (χ1v) is 7.12. The second-order valence-electron chi connectivity index (χ2n) is 3.29. The summed E-state index contributed by atoms with van der Waals surface area (Å²) in [7, 11) is -2.45. The summed E-state index contributed by atoms with van der Waals surface area (Å²) in [4.78, 5) is 0. The second kappa shape index (κ2) is 5.88. The molecule has 1 rings (SSSR count). The fourth-order valence-corrected chi connectivity index (χ4v) is 3.24. The van der Waals surface area contributed by atoms with Crippen molar-refractivity contribution in [1.82, 2.24) is 0 Å². The van der Waals surface area contributed by atoms with E-state index in [1.165, 1.54) is 0 Å². The average Bonchev–Trinajstić information content (AvgIpc) is 2.17. The molecule has 0 heterocycles. The van der Waals surface area contributed by atoms with Crippen LogP contribution in [-0.4, -0.2) is 16.5 Å². The number of halogens is 1. The largest absolute Gasteiger partial charge is 0.248 e. The van der Waals surface area contributed by atoms with Crippen molar-refractivity contribution in [3.05, 3.63) is 34.9 Å². The van der Waals surface area contributed by atoms with Gasteiger partial charge >= 0.3 is 0 Å². The second-order valence-corrected chi connectivity index (χ2v) is 6.11. The Bertz CT molecular complexity index is 513. The molecule has 0 saturated heterocycles. The van der Waals surface area contributed by atoms with Crippen LogP contribution in [0.1, 0.15) is 12.5 Å². The summed E-state index contributed by atoms with van der Waals surface area (Å²) in [6.45, 7) is 2.27. The molecule has 0 aliphatic rings. The van der Waals surface area contributed by atoms with Gasteiger partial charge in [-0.25, -0.2) is 8.57 Å². The molecular formula is C11H13ClN2OS. The fourth-order valence-electron chi connectivity index (χ4n) is 1.37. The lowest BCUT2D eigenvalue weighted by Crippen LogP contribution is -2.08. The van der Waals surface area contributed by atoms with E-state index in [1.54, 1.807) is 18.2 Å². The van der Waals surface area contributed by atoms with E-state index in [9.17, 15) is 4.21 Å². The molecule has 0 spiro atoms. The van der Waals surface area contributed by atoms with Gasteiger partial charge in [0, 0.05) is 11.6 Å². The molecule has 0 aliphatic heterocycles. The molecule has 0 radical (unpaired) electrons. The van der Waals surface area contributed by atoms with Gasteiger partial charge in [-0.05, 0) is 24.6 Å². The summed E-state index contributed by atoms with van der Waals surface area (Å²) < 4.78 is 16.3. The van der Waals surface area contributed by atoms with Crippen LogP contribution >= 0.6 is 11.6 Å². The molecule has 1 unspecified atom stereocenters. The highest BCUT2D eigenvalue weighted by Crippen LogP contribution is 2.14. The summed E-state index contributed by atoms with van der Waals surface area (Å²) in [5, 5.41) is 9.25. The Hall–Kier alpha value is -1.05. The van der Waals surface area contributed by atoms with Gasteiger partial charge in [0.25, 0.3) is 0 Å². The molecule has 5 heteroatoms. The van der Waals surface area contributed by atoms with E-state index in [1.807, 2.05) is 19.1 Å². The van der Waals surface area contributed by atoms with Gasteiger partial charge in [0.15, 0.2) is 0 Å². The van der Waals surface area contributed by atoms with Crippen LogP contribution in [0, 0.1) is 11.3 Å². The smallest absolute Gasteiger partial charge is 0.119 e. The monoisotopic (exact) mass is 256 g/mol. The minimum atomic E-state index is -2.45. The van der Waals surface area contributed by atoms with Crippen molar-refractivity contribution in [3.63, 3.8) is 0 Å².